The summed E-state index contributed by atoms with van der Waals surface area (Å²) in [7, 11) is 1.73. The molecular weight excluding hydrogens is 561 g/mol. The molecule has 43 heavy (non-hydrogen) atoms. The van der Waals surface area contributed by atoms with Gasteiger partial charge in [-0.2, -0.15) is 13.2 Å². The van der Waals surface area contributed by atoms with Crippen molar-refractivity contribution in [3.8, 4) is 5.75 Å². The van der Waals surface area contributed by atoms with Crippen LogP contribution < -0.4 is 4.74 Å². The van der Waals surface area contributed by atoms with Gasteiger partial charge in [0.1, 0.15) is 11.9 Å². The zero-order valence-corrected chi connectivity index (χ0v) is 24.7. The van der Waals surface area contributed by atoms with Crippen molar-refractivity contribution in [2.45, 2.75) is 101 Å². The molecular formula is C33H41F3N2O5. The molecule has 2 amide bonds. The first-order valence-electron chi connectivity index (χ1n) is 15.4. The maximum atomic E-state index is 13.0. The number of amides is 2. The number of carbonyl (C=O) groups is 2. The molecule has 10 heteroatoms. The second-order valence-electron chi connectivity index (χ2n) is 12.0. The van der Waals surface area contributed by atoms with Gasteiger partial charge in [-0.15, -0.1) is 0 Å². The van der Waals surface area contributed by atoms with Crippen LogP contribution in [0.4, 0.5) is 18.0 Å². The van der Waals surface area contributed by atoms with Crippen LogP contribution in [0.5, 0.6) is 5.75 Å². The fourth-order valence-corrected chi connectivity index (χ4v) is 6.21. The third kappa shape index (κ3) is 8.43. The molecule has 0 bridgehead atoms. The largest absolute Gasteiger partial charge is 0.494 e. The fraction of sp³-hybridized carbons (Fsp3) is 0.576. The number of urea groups is 1. The molecule has 0 N–H and O–H groups in total. The van der Waals surface area contributed by atoms with Crippen molar-refractivity contribution in [2.75, 3.05) is 20.2 Å². The monoisotopic (exact) mass is 602 g/mol. The summed E-state index contributed by atoms with van der Waals surface area (Å²) in [5.41, 5.74) is 0.913. The molecule has 2 saturated carbocycles. The summed E-state index contributed by atoms with van der Waals surface area (Å²) in [6, 6.07) is 12.3. The Balaban J connectivity index is 1.09. The third-order valence-electron chi connectivity index (χ3n) is 8.78. The van der Waals surface area contributed by atoms with Crippen LogP contribution >= 0.6 is 0 Å². The van der Waals surface area contributed by atoms with Gasteiger partial charge in [-0.05, 0) is 73.9 Å². The van der Waals surface area contributed by atoms with E-state index in [1.165, 1.54) is 12.1 Å². The number of likely N-dealkylation sites (N-methyl/N-ethyl adjacent to an activating group) is 1. The quantitative estimate of drug-likeness (QED) is 0.251. The number of alkyl halides is 3. The molecule has 234 valence electrons. The lowest BCUT2D eigenvalue weighted by atomic mass is 10.1. The summed E-state index contributed by atoms with van der Waals surface area (Å²) >= 11 is 0. The summed E-state index contributed by atoms with van der Waals surface area (Å²) < 4.78 is 56.6. The average Bonchev–Trinajstić information content (AvgIpc) is 3.74. The first-order chi connectivity index (χ1) is 20.7. The van der Waals surface area contributed by atoms with E-state index in [4.69, 9.17) is 14.2 Å². The summed E-state index contributed by atoms with van der Waals surface area (Å²) in [6.45, 7) is 1.12. The Morgan fingerprint density at radius 2 is 1.51 bits per heavy atom. The number of nitrogens with zero attached hydrogens (tertiary/aromatic N) is 2. The van der Waals surface area contributed by atoms with Crippen molar-refractivity contribution in [3.05, 3.63) is 65.2 Å². The predicted octanol–water partition coefficient (Wildman–Crippen LogP) is 6.77. The van der Waals surface area contributed by atoms with E-state index in [1.54, 1.807) is 16.8 Å². The molecule has 2 aromatic rings. The Hall–Kier alpha value is -3.27. The number of halogens is 3. The molecule has 3 aliphatic rings. The third-order valence-corrected chi connectivity index (χ3v) is 8.78. The molecule has 5 rings (SSSR count). The van der Waals surface area contributed by atoms with Crippen molar-refractivity contribution in [2.24, 2.45) is 0 Å². The second-order valence-corrected chi connectivity index (χ2v) is 12.0. The standard InChI is InChI=1S/C33H41F3N2O5/c1-37-26(22-38(32(37)40)21-24-10-14-25(15-11-24)33(34,35)36)18-19-41-27-16-12-23(13-17-27)20-30(42-28-6-2-3-7-28)31(39)43-29-8-4-5-9-29/h10-17,26,28-30H,2-9,18-22H2,1H3/t26-,30-/m0/s1. The zero-order valence-electron chi connectivity index (χ0n) is 24.7. The van der Waals surface area contributed by atoms with Gasteiger partial charge in [0.15, 0.2) is 6.10 Å². The van der Waals surface area contributed by atoms with Gasteiger partial charge in [0.05, 0.1) is 24.3 Å². The van der Waals surface area contributed by atoms with Gasteiger partial charge in [0.25, 0.3) is 0 Å². The van der Waals surface area contributed by atoms with Gasteiger partial charge in [-0.1, -0.05) is 37.1 Å². The molecule has 2 atom stereocenters. The summed E-state index contributed by atoms with van der Waals surface area (Å²) in [5.74, 6) is 0.431. The number of rotatable bonds is 12. The van der Waals surface area contributed by atoms with E-state index >= 15 is 0 Å². The smallest absolute Gasteiger partial charge is 0.416 e. The highest BCUT2D eigenvalue weighted by atomic mass is 19.4. The number of esters is 1. The van der Waals surface area contributed by atoms with E-state index in [-0.39, 0.29) is 36.8 Å². The molecule has 7 nitrogen and oxygen atoms in total. The Labute approximate surface area is 251 Å². The number of ether oxygens (including phenoxy) is 3. The van der Waals surface area contributed by atoms with Crippen molar-refractivity contribution in [3.63, 3.8) is 0 Å². The van der Waals surface area contributed by atoms with Gasteiger partial charge in [-0.25, -0.2) is 9.59 Å². The van der Waals surface area contributed by atoms with Crippen molar-refractivity contribution < 1.29 is 37.0 Å². The van der Waals surface area contributed by atoms with Crippen LogP contribution in [-0.4, -0.2) is 66.4 Å². The molecule has 3 fully saturated rings. The second kappa shape index (κ2) is 14.0. The average molecular weight is 603 g/mol. The maximum absolute atomic E-state index is 13.0. The minimum Gasteiger partial charge on any atom is -0.494 e. The van der Waals surface area contributed by atoms with Crippen LogP contribution in [0.15, 0.2) is 48.5 Å². The number of hydrogen-bond donors (Lipinski definition) is 0. The van der Waals surface area contributed by atoms with E-state index in [0.717, 1.165) is 69.1 Å². The van der Waals surface area contributed by atoms with Crippen molar-refractivity contribution >= 4 is 12.0 Å². The SMILES string of the molecule is CN1C(=O)N(Cc2ccc(C(F)(F)F)cc2)C[C@@H]1CCOc1ccc(C[C@H](OC2CCCC2)C(=O)OC2CCCC2)cc1. The molecule has 1 aliphatic heterocycles. The Bertz CT molecular complexity index is 1210. The van der Waals surface area contributed by atoms with Crippen LogP contribution in [0.2, 0.25) is 0 Å². The molecule has 0 radical (unpaired) electrons. The van der Waals surface area contributed by atoms with E-state index in [1.807, 2.05) is 24.3 Å². The van der Waals surface area contributed by atoms with Gasteiger partial charge < -0.3 is 24.0 Å². The first kappa shape index (κ1) is 31.2. The Kier molecular flexibility index (Phi) is 10.2. The van der Waals surface area contributed by atoms with Crippen LogP contribution in [-0.2, 0) is 33.4 Å². The molecule has 0 spiro atoms. The summed E-state index contributed by atoms with van der Waals surface area (Å²) in [4.78, 5) is 29.1. The van der Waals surface area contributed by atoms with E-state index in [9.17, 15) is 22.8 Å². The van der Waals surface area contributed by atoms with Crippen LogP contribution in [0, 0.1) is 0 Å². The topological polar surface area (TPSA) is 68.3 Å². The van der Waals surface area contributed by atoms with Gasteiger partial charge in [0.2, 0.25) is 0 Å². The molecule has 1 heterocycles. The van der Waals surface area contributed by atoms with Crippen LogP contribution in [0.1, 0.15) is 74.5 Å². The lowest BCUT2D eigenvalue weighted by molar-refractivity contribution is -0.166. The molecule has 2 aliphatic carbocycles. The van der Waals surface area contributed by atoms with E-state index < -0.39 is 17.8 Å². The lowest BCUT2D eigenvalue weighted by Crippen LogP contribution is -2.34. The van der Waals surface area contributed by atoms with Gasteiger partial charge in [0, 0.05) is 33.0 Å². The van der Waals surface area contributed by atoms with Gasteiger partial charge >= 0.3 is 18.2 Å². The molecule has 1 saturated heterocycles. The van der Waals surface area contributed by atoms with Gasteiger partial charge in [-0.3, -0.25) is 0 Å². The predicted molar refractivity (Wildman–Crippen MR) is 155 cm³/mol. The number of hydrogen-bond acceptors (Lipinski definition) is 5. The highest BCUT2D eigenvalue weighted by Crippen LogP contribution is 2.30. The molecule has 0 aromatic heterocycles. The van der Waals surface area contributed by atoms with E-state index in [0.29, 0.717) is 37.3 Å². The first-order valence-corrected chi connectivity index (χ1v) is 15.4. The Morgan fingerprint density at radius 1 is 0.907 bits per heavy atom. The van der Waals surface area contributed by atoms with Crippen molar-refractivity contribution in [1.29, 1.82) is 0 Å². The van der Waals surface area contributed by atoms with E-state index in [2.05, 4.69) is 0 Å². The highest BCUT2D eigenvalue weighted by Gasteiger charge is 2.35. The minimum absolute atomic E-state index is 0.00375. The zero-order chi connectivity index (χ0) is 30.4. The summed E-state index contributed by atoms with van der Waals surface area (Å²) in [5, 5.41) is 0. The summed E-state index contributed by atoms with van der Waals surface area (Å²) in [6.07, 6.45) is 4.44. The normalized spacial score (nSPS) is 20.7. The van der Waals surface area contributed by atoms with Crippen LogP contribution in [0.25, 0.3) is 0 Å². The van der Waals surface area contributed by atoms with Crippen molar-refractivity contribution in [1.82, 2.24) is 9.80 Å². The molecule has 0 unspecified atom stereocenters. The fourth-order valence-electron chi connectivity index (χ4n) is 6.21. The Morgan fingerprint density at radius 3 is 2.14 bits per heavy atom. The lowest BCUT2D eigenvalue weighted by Gasteiger charge is -2.23. The van der Waals surface area contributed by atoms with Crippen LogP contribution in [0.3, 0.4) is 0 Å². The maximum Gasteiger partial charge on any atom is 0.416 e. The highest BCUT2D eigenvalue weighted by molar-refractivity contribution is 5.77. The number of benzene rings is 2. The molecule has 2 aromatic carbocycles. The minimum atomic E-state index is -4.39. The number of carbonyl (C=O) groups excluding carboxylic acids is 2.